The van der Waals surface area contributed by atoms with Gasteiger partial charge >= 0.3 is 0 Å². The topological polar surface area (TPSA) is 34.9 Å². The number of hydrogen-bond donors (Lipinski definition) is 0. The minimum Gasteiger partial charge on any atom is -0.308 e. The molecule has 0 N–H and O–H groups in total. The Bertz CT molecular complexity index is 3880. The van der Waals surface area contributed by atoms with Gasteiger partial charge in [-0.05, 0) is 119 Å². The zero-order valence-corrected chi connectivity index (χ0v) is 35.0. The van der Waals surface area contributed by atoms with E-state index < -0.39 is 7.14 Å². The number of hydrogen-bond acceptors (Lipinski definition) is 2. The van der Waals surface area contributed by atoms with Crippen LogP contribution in [-0.4, -0.2) is 9.55 Å². The molecule has 63 heavy (non-hydrogen) atoms. The smallest absolute Gasteiger partial charge is 0.175 e. The second kappa shape index (κ2) is 13.8. The van der Waals surface area contributed by atoms with Gasteiger partial charge in [-0.1, -0.05) is 182 Å². The minimum absolute atomic E-state index is 0.828. The minimum atomic E-state index is -3.16. The molecule has 0 saturated heterocycles. The molecule has 1 aliphatic heterocycles. The van der Waals surface area contributed by atoms with Crippen molar-refractivity contribution >= 4 is 77.2 Å². The first-order valence-corrected chi connectivity index (χ1v) is 23.2. The van der Waals surface area contributed by atoms with Crippen molar-refractivity contribution in [1.29, 1.82) is 0 Å². The zero-order chi connectivity index (χ0) is 41.6. The quantitative estimate of drug-likeness (QED) is 0.128. The summed E-state index contributed by atoms with van der Waals surface area (Å²) in [6.45, 7) is 0. The van der Waals surface area contributed by atoms with Gasteiger partial charge in [-0.15, -0.1) is 0 Å². The van der Waals surface area contributed by atoms with Crippen LogP contribution in [-0.2, 0) is 4.57 Å². The predicted octanol–water partition coefficient (Wildman–Crippen LogP) is 14.3. The number of fused-ring (bicyclic) bond motifs is 6. The molecule has 3 nitrogen and oxygen atoms in total. The number of imidazole rings is 1. The first-order valence-electron chi connectivity index (χ1n) is 21.5. The van der Waals surface area contributed by atoms with Gasteiger partial charge in [0.25, 0.3) is 0 Å². The molecule has 1 aromatic heterocycles. The fourth-order valence-corrected chi connectivity index (χ4v) is 13.2. The van der Waals surface area contributed by atoms with Crippen LogP contribution in [0.2, 0.25) is 0 Å². The molecule has 13 rings (SSSR count). The third-order valence-electron chi connectivity index (χ3n) is 13.2. The third-order valence-corrected chi connectivity index (χ3v) is 16.3. The fourth-order valence-electron chi connectivity index (χ4n) is 10.2. The molecule has 294 valence electrons. The molecule has 11 aromatic carbocycles. The van der Waals surface area contributed by atoms with Crippen LogP contribution in [0.15, 0.2) is 224 Å². The van der Waals surface area contributed by atoms with Crippen molar-refractivity contribution in [2.45, 2.75) is 0 Å². The van der Waals surface area contributed by atoms with Gasteiger partial charge in [0, 0.05) is 21.5 Å². The molecule has 1 aliphatic rings. The number of nitrogens with zero attached hydrogens (tertiary/aromatic N) is 2. The van der Waals surface area contributed by atoms with Gasteiger partial charge in [-0.3, -0.25) is 4.57 Å². The van der Waals surface area contributed by atoms with Crippen molar-refractivity contribution < 1.29 is 4.57 Å². The maximum atomic E-state index is 15.5. The standard InChI is InChI=1S/C59H37N2OP/c62-63(47-17-2-1-3-18-47)54-23-11-10-22-53(54)61-58-52(21-12-24-55(58)63)60-59(61)41-29-25-40(26-30-41)44-33-34-50-51(37-44)57(46-32-28-39-14-5-7-16-43(39)36-46)49-20-9-8-19-48(49)56(50)45-31-27-38-13-4-6-15-42(38)35-45/h1-37H. The molecule has 0 spiro atoms. The van der Waals surface area contributed by atoms with E-state index in [-0.39, 0.29) is 0 Å². The van der Waals surface area contributed by atoms with E-state index in [0.29, 0.717) is 0 Å². The Morgan fingerprint density at radius 3 is 1.59 bits per heavy atom. The lowest BCUT2D eigenvalue weighted by atomic mass is 9.84. The van der Waals surface area contributed by atoms with Crippen molar-refractivity contribution in [1.82, 2.24) is 9.55 Å². The van der Waals surface area contributed by atoms with Crippen molar-refractivity contribution in [3.05, 3.63) is 224 Å². The molecule has 1 unspecified atom stereocenters. The van der Waals surface area contributed by atoms with Gasteiger partial charge < -0.3 is 4.57 Å². The molecule has 0 bridgehead atoms. The molecule has 1 atom stereocenters. The molecular weight excluding hydrogens is 784 g/mol. The first-order chi connectivity index (χ1) is 31.1. The monoisotopic (exact) mass is 820 g/mol. The maximum Gasteiger partial charge on any atom is 0.175 e. The van der Waals surface area contributed by atoms with Crippen LogP contribution in [0, 0.1) is 0 Å². The van der Waals surface area contributed by atoms with Crippen LogP contribution in [0.3, 0.4) is 0 Å². The van der Waals surface area contributed by atoms with E-state index in [1.54, 1.807) is 0 Å². The highest BCUT2D eigenvalue weighted by molar-refractivity contribution is 7.86. The molecule has 2 heterocycles. The van der Waals surface area contributed by atoms with Gasteiger partial charge in [0.05, 0.1) is 16.7 Å². The lowest BCUT2D eigenvalue weighted by molar-refractivity contribution is 0.592. The van der Waals surface area contributed by atoms with E-state index in [2.05, 4.69) is 162 Å². The Balaban J connectivity index is 1.00. The maximum absolute atomic E-state index is 15.5. The van der Waals surface area contributed by atoms with E-state index in [1.165, 1.54) is 65.3 Å². The van der Waals surface area contributed by atoms with E-state index in [9.17, 15) is 0 Å². The Hall–Kier alpha value is -7.84. The molecule has 0 radical (unpaired) electrons. The van der Waals surface area contributed by atoms with Gasteiger partial charge in [0.2, 0.25) is 0 Å². The highest BCUT2D eigenvalue weighted by Gasteiger charge is 2.39. The van der Waals surface area contributed by atoms with Crippen LogP contribution in [0.25, 0.3) is 105 Å². The van der Waals surface area contributed by atoms with Crippen LogP contribution >= 0.6 is 7.14 Å². The average molecular weight is 821 g/mol. The zero-order valence-electron chi connectivity index (χ0n) is 34.1. The van der Waals surface area contributed by atoms with E-state index in [1.807, 2.05) is 66.7 Å². The van der Waals surface area contributed by atoms with Crippen LogP contribution < -0.4 is 15.9 Å². The van der Waals surface area contributed by atoms with Gasteiger partial charge in [0.1, 0.15) is 5.82 Å². The summed E-state index contributed by atoms with van der Waals surface area (Å²) in [5, 5.41) is 12.3. The van der Waals surface area contributed by atoms with E-state index >= 15 is 4.57 Å². The Labute approximate surface area is 364 Å². The summed E-state index contributed by atoms with van der Waals surface area (Å²) in [6.07, 6.45) is 0. The highest BCUT2D eigenvalue weighted by Crippen LogP contribution is 2.50. The van der Waals surface area contributed by atoms with Gasteiger partial charge in [0.15, 0.2) is 7.14 Å². The lowest BCUT2D eigenvalue weighted by Gasteiger charge is -2.29. The van der Waals surface area contributed by atoms with Crippen LogP contribution in [0.4, 0.5) is 0 Å². The average Bonchev–Trinajstić information content (AvgIpc) is 3.75. The lowest BCUT2D eigenvalue weighted by Crippen LogP contribution is -2.32. The van der Waals surface area contributed by atoms with Crippen molar-refractivity contribution in [2.75, 3.05) is 0 Å². The molecule has 0 saturated carbocycles. The summed E-state index contributed by atoms with van der Waals surface area (Å²) in [5.74, 6) is 0.833. The fraction of sp³-hybridized carbons (Fsp3) is 0. The molecule has 12 aromatic rings. The Morgan fingerprint density at radius 1 is 0.365 bits per heavy atom. The first kappa shape index (κ1) is 35.9. The summed E-state index contributed by atoms with van der Waals surface area (Å²) >= 11 is 0. The van der Waals surface area contributed by atoms with E-state index in [0.717, 1.165) is 55.1 Å². The highest BCUT2D eigenvalue weighted by atomic mass is 31.2. The number of aromatic nitrogens is 2. The summed E-state index contributed by atoms with van der Waals surface area (Å²) in [7, 11) is -3.16. The summed E-state index contributed by atoms with van der Waals surface area (Å²) in [6, 6.07) is 79.8. The number of benzene rings is 11. The molecule has 0 aliphatic carbocycles. The second-order valence-corrected chi connectivity index (χ2v) is 19.3. The summed E-state index contributed by atoms with van der Waals surface area (Å²) in [5.41, 5.74) is 10.8. The Kier molecular flexibility index (Phi) is 7.88. The third kappa shape index (κ3) is 5.40. The largest absolute Gasteiger partial charge is 0.308 e. The van der Waals surface area contributed by atoms with Crippen LogP contribution in [0.1, 0.15) is 0 Å². The van der Waals surface area contributed by atoms with Gasteiger partial charge in [-0.2, -0.15) is 0 Å². The number of rotatable bonds is 5. The van der Waals surface area contributed by atoms with Crippen molar-refractivity contribution in [2.24, 2.45) is 0 Å². The molecule has 4 heteroatoms. The van der Waals surface area contributed by atoms with Crippen LogP contribution in [0.5, 0.6) is 0 Å². The second-order valence-electron chi connectivity index (χ2n) is 16.6. The van der Waals surface area contributed by atoms with Crippen molar-refractivity contribution in [3.63, 3.8) is 0 Å². The normalized spacial score (nSPS) is 14.5. The summed E-state index contributed by atoms with van der Waals surface area (Å²) in [4.78, 5) is 5.25. The van der Waals surface area contributed by atoms with Crippen molar-refractivity contribution in [3.8, 4) is 50.5 Å². The molecule has 0 fully saturated rings. The molecule has 0 amide bonds. The molecular formula is C59H37N2OP. The summed E-state index contributed by atoms with van der Waals surface area (Å²) < 4.78 is 17.7. The van der Waals surface area contributed by atoms with Gasteiger partial charge in [-0.25, -0.2) is 4.98 Å². The number of para-hydroxylation sites is 2. The van der Waals surface area contributed by atoms with E-state index in [4.69, 9.17) is 4.98 Å². The predicted molar refractivity (Wildman–Crippen MR) is 266 cm³/mol. The Morgan fingerprint density at radius 2 is 0.889 bits per heavy atom. The SMILES string of the molecule is O=P1(c2ccccc2)c2ccccc2-n2c(-c3ccc(-c4ccc5c(-c6ccc7ccccc7c6)c6ccccc6c(-c6ccc7ccccc7c6)c5c4)cc3)nc3cccc1c32.